The van der Waals surface area contributed by atoms with Gasteiger partial charge in [0.25, 0.3) is 0 Å². The van der Waals surface area contributed by atoms with E-state index in [9.17, 15) is 4.79 Å². The lowest BCUT2D eigenvalue weighted by molar-refractivity contribution is 0.0991. The van der Waals surface area contributed by atoms with Crippen molar-refractivity contribution in [1.29, 1.82) is 0 Å². The van der Waals surface area contributed by atoms with E-state index >= 15 is 0 Å². The average Bonchev–Trinajstić information content (AvgIpc) is 2.40. The number of halogens is 2. The maximum absolute atomic E-state index is 12.1. The van der Waals surface area contributed by atoms with Crippen LogP contribution in [0.25, 0.3) is 0 Å². The van der Waals surface area contributed by atoms with Crippen LogP contribution in [0.3, 0.4) is 0 Å². The number of pyridine rings is 1. The topological polar surface area (TPSA) is 30.0 Å². The average molecular weight is 372 g/mol. The zero-order valence-electron chi connectivity index (χ0n) is 9.57. The highest BCUT2D eigenvalue weighted by atomic mass is 127. The zero-order chi connectivity index (χ0) is 13.0. The molecule has 0 amide bonds. The van der Waals surface area contributed by atoms with Gasteiger partial charge in [0.05, 0.1) is 12.1 Å². The van der Waals surface area contributed by atoms with E-state index in [4.69, 9.17) is 11.6 Å². The number of benzene rings is 1. The van der Waals surface area contributed by atoms with Gasteiger partial charge in [0.2, 0.25) is 0 Å². The van der Waals surface area contributed by atoms with Crippen molar-refractivity contribution in [3.63, 3.8) is 0 Å². The summed E-state index contributed by atoms with van der Waals surface area (Å²) in [5.41, 5.74) is 2.64. The summed E-state index contributed by atoms with van der Waals surface area (Å²) in [7, 11) is 0. The third kappa shape index (κ3) is 3.29. The first-order valence-corrected chi connectivity index (χ1v) is 7.38. The monoisotopic (exact) mass is 371 g/mol. The largest absolute Gasteiger partial charge is 0.294 e. The van der Waals surface area contributed by atoms with E-state index in [-0.39, 0.29) is 5.78 Å². The van der Waals surface area contributed by atoms with Crippen LogP contribution in [0, 0.1) is 0 Å². The highest BCUT2D eigenvalue weighted by Gasteiger charge is 2.10. The quantitative estimate of drug-likeness (QED) is 0.460. The van der Waals surface area contributed by atoms with Gasteiger partial charge in [0, 0.05) is 21.2 Å². The summed E-state index contributed by atoms with van der Waals surface area (Å²) in [6.45, 7) is 0. The maximum atomic E-state index is 12.1. The minimum atomic E-state index is 0.0662. The number of rotatable bonds is 4. The summed E-state index contributed by atoms with van der Waals surface area (Å²) >= 11 is 8.08. The summed E-state index contributed by atoms with van der Waals surface area (Å²) < 4.78 is 0.856. The van der Waals surface area contributed by atoms with Crippen LogP contribution in [0.5, 0.6) is 0 Å². The molecule has 0 bridgehead atoms. The molecule has 0 saturated heterocycles. The number of alkyl halides is 1. The van der Waals surface area contributed by atoms with Gasteiger partial charge in [-0.05, 0) is 35.9 Å². The second-order valence-electron chi connectivity index (χ2n) is 3.85. The maximum Gasteiger partial charge on any atom is 0.168 e. The number of ketones is 1. The first-order chi connectivity index (χ1) is 8.70. The lowest BCUT2D eigenvalue weighted by atomic mass is 10.0. The molecule has 0 unspecified atom stereocenters. The number of hydrogen-bond donors (Lipinski definition) is 0. The Hall–Kier alpha value is -0.940. The molecular weight excluding hydrogens is 361 g/mol. The summed E-state index contributed by atoms with van der Waals surface area (Å²) in [4.78, 5) is 16.4. The van der Waals surface area contributed by atoms with Gasteiger partial charge >= 0.3 is 0 Å². The second-order valence-corrected chi connectivity index (χ2v) is 5.05. The van der Waals surface area contributed by atoms with Crippen LogP contribution in [-0.4, -0.2) is 10.8 Å². The van der Waals surface area contributed by atoms with E-state index in [1.54, 1.807) is 30.5 Å². The van der Waals surface area contributed by atoms with Crippen molar-refractivity contribution in [3.8, 4) is 0 Å². The Kier molecular flexibility index (Phi) is 4.72. The molecule has 92 valence electrons. The minimum absolute atomic E-state index is 0.0662. The fourth-order valence-electron chi connectivity index (χ4n) is 1.64. The summed E-state index contributed by atoms with van der Waals surface area (Å²) in [5, 5.41) is 0.636. The third-order valence-corrected chi connectivity index (χ3v) is 3.70. The second kappa shape index (κ2) is 6.29. The molecule has 18 heavy (non-hydrogen) atoms. The molecule has 0 atom stereocenters. The molecule has 0 spiro atoms. The molecule has 0 aliphatic heterocycles. The van der Waals surface area contributed by atoms with Crippen LogP contribution in [0.1, 0.15) is 21.6 Å². The molecular formula is C14H11ClINO. The fourth-order valence-corrected chi connectivity index (χ4v) is 2.46. The predicted molar refractivity (Wildman–Crippen MR) is 81.4 cm³/mol. The van der Waals surface area contributed by atoms with Gasteiger partial charge < -0.3 is 0 Å². The Morgan fingerprint density at radius 2 is 1.94 bits per heavy atom. The van der Waals surface area contributed by atoms with Crippen molar-refractivity contribution in [2.45, 2.75) is 10.8 Å². The molecule has 1 heterocycles. The molecule has 1 aromatic heterocycles. The van der Waals surface area contributed by atoms with Crippen LogP contribution < -0.4 is 0 Å². The number of hydrogen-bond acceptors (Lipinski definition) is 2. The van der Waals surface area contributed by atoms with E-state index in [2.05, 4.69) is 27.6 Å². The highest BCUT2D eigenvalue weighted by Crippen LogP contribution is 2.15. The van der Waals surface area contributed by atoms with Crippen LogP contribution in [-0.2, 0) is 10.8 Å². The van der Waals surface area contributed by atoms with E-state index in [1.165, 1.54) is 0 Å². The summed E-state index contributed by atoms with van der Waals surface area (Å²) in [6, 6.07) is 10.8. The molecule has 2 nitrogen and oxygen atoms in total. The smallest absolute Gasteiger partial charge is 0.168 e. The van der Waals surface area contributed by atoms with E-state index in [0.717, 1.165) is 15.7 Å². The molecule has 0 aliphatic rings. The van der Waals surface area contributed by atoms with Gasteiger partial charge in [-0.15, -0.1) is 0 Å². The Morgan fingerprint density at radius 3 is 2.61 bits per heavy atom. The molecule has 0 aliphatic carbocycles. The minimum Gasteiger partial charge on any atom is -0.294 e. The molecule has 4 heteroatoms. The van der Waals surface area contributed by atoms with Crippen molar-refractivity contribution in [2.75, 3.05) is 0 Å². The van der Waals surface area contributed by atoms with Crippen LogP contribution in [0.15, 0.2) is 42.6 Å². The van der Waals surface area contributed by atoms with Gasteiger partial charge in [-0.1, -0.05) is 40.3 Å². The Bertz CT molecular complexity index is 554. The molecule has 0 radical (unpaired) electrons. The van der Waals surface area contributed by atoms with Crippen LogP contribution in [0.2, 0.25) is 5.02 Å². The van der Waals surface area contributed by atoms with Crippen molar-refractivity contribution < 1.29 is 4.79 Å². The van der Waals surface area contributed by atoms with E-state index < -0.39 is 0 Å². The van der Waals surface area contributed by atoms with Gasteiger partial charge in [-0.2, -0.15) is 0 Å². The number of carbonyl (C=O) groups excluding carboxylic acids is 1. The third-order valence-electron chi connectivity index (χ3n) is 2.62. The van der Waals surface area contributed by atoms with Gasteiger partial charge in [-0.3, -0.25) is 9.78 Å². The van der Waals surface area contributed by atoms with Gasteiger partial charge in [0.1, 0.15) is 0 Å². The van der Waals surface area contributed by atoms with E-state index in [1.807, 2.05) is 12.1 Å². The highest BCUT2D eigenvalue weighted by molar-refractivity contribution is 14.1. The lowest BCUT2D eigenvalue weighted by Crippen LogP contribution is -2.07. The van der Waals surface area contributed by atoms with Gasteiger partial charge in [0.15, 0.2) is 5.78 Å². The van der Waals surface area contributed by atoms with Crippen molar-refractivity contribution in [3.05, 3.63) is 64.4 Å². The number of nitrogens with zero attached hydrogens (tertiary/aromatic N) is 1. The van der Waals surface area contributed by atoms with Crippen molar-refractivity contribution >= 4 is 40.0 Å². The fraction of sp³-hybridized carbons (Fsp3) is 0.143. The zero-order valence-corrected chi connectivity index (χ0v) is 12.5. The molecule has 1 aromatic carbocycles. The van der Waals surface area contributed by atoms with Crippen LogP contribution in [0.4, 0.5) is 0 Å². The molecule has 2 aromatic rings. The SMILES string of the molecule is O=C(Cc1ncccc1CI)c1ccc(Cl)cc1. The summed E-state index contributed by atoms with van der Waals surface area (Å²) in [6.07, 6.45) is 2.06. The predicted octanol–water partition coefficient (Wildman–Crippen LogP) is 4.10. The van der Waals surface area contributed by atoms with Crippen LogP contribution >= 0.6 is 34.2 Å². The number of carbonyl (C=O) groups is 1. The molecule has 0 N–H and O–H groups in total. The van der Waals surface area contributed by atoms with Crippen molar-refractivity contribution in [2.24, 2.45) is 0 Å². The lowest BCUT2D eigenvalue weighted by Gasteiger charge is -2.05. The Balaban J connectivity index is 2.18. The summed E-state index contributed by atoms with van der Waals surface area (Å²) in [5.74, 6) is 0.0662. The normalized spacial score (nSPS) is 10.3. The molecule has 0 saturated carbocycles. The first-order valence-electron chi connectivity index (χ1n) is 5.48. The number of Topliss-reactive ketones (excluding diaryl/α,β-unsaturated/α-hetero) is 1. The number of aromatic nitrogens is 1. The standard InChI is InChI=1S/C14H11ClINO/c15-12-5-3-10(4-6-12)14(18)8-13-11(9-16)2-1-7-17-13/h1-7H,8-9H2. The van der Waals surface area contributed by atoms with E-state index in [0.29, 0.717) is 17.0 Å². The van der Waals surface area contributed by atoms with Gasteiger partial charge in [-0.25, -0.2) is 0 Å². The molecule has 2 rings (SSSR count). The molecule has 0 fully saturated rings. The first kappa shape index (κ1) is 13.5. The Labute approximate surface area is 125 Å². The Morgan fingerprint density at radius 1 is 1.22 bits per heavy atom. The van der Waals surface area contributed by atoms with Crippen molar-refractivity contribution in [1.82, 2.24) is 4.98 Å².